The van der Waals surface area contributed by atoms with Gasteiger partial charge in [-0.1, -0.05) is 0 Å². The van der Waals surface area contributed by atoms with E-state index in [2.05, 4.69) is 5.32 Å². The standard InChI is InChI=1S/C13H10F4N2O2/c14-6-3-7(15)11(17)12(10(6)16)18-8-4-9(20)19(13(8)21)5-1-2-5/h3,5,8,18H,1-2,4H2. The molecule has 2 aliphatic rings. The number of likely N-dealkylation sites (tertiary alicyclic amines) is 1. The molecular formula is C13H10F4N2O2. The molecule has 0 radical (unpaired) electrons. The van der Waals surface area contributed by atoms with Crippen molar-refractivity contribution in [2.75, 3.05) is 5.32 Å². The molecule has 1 saturated heterocycles. The zero-order valence-electron chi connectivity index (χ0n) is 10.6. The van der Waals surface area contributed by atoms with E-state index in [9.17, 15) is 27.2 Å². The third-order valence-corrected chi connectivity index (χ3v) is 3.53. The molecule has 1 unspecified atom stereocenters. The maximum Gasteiger partial charge on any atom is 0.252 e. The fourth-order valence-corrected chi connectivity index (χ4v) is 2.35. The van der Waals surface area contributed by atoms with Gasteiger partial charge in [-0.2, -0.15) is 0 Å². The minimum absolute atomic E-state index is 0.0774. The van der Waals surface area contributed by atoms with Crippen LogP contribution in [0.25, 0.3) is 0 Å². The zero-order valence-corrected chi connectivity index (χ0v) is 10.6. The molecule has 1 saturated carbocycles. The summed E-state index contributed by atoms with van der Waals surface area (Å²) in [6.45, 7) is 0. The Hall–Kier alpha value is -2.12. The highest BCUT2D eigenvalue weighted by Gasteiger charge is 2.46. The van der Waals surface area contributed by atoms with E-state index in [4.69, 9.17) is 0 Å². The number of nitrogens with one attached hydrogen (secondary N) is 1. The van der Waals surface area contributed by atoms with Crippen LogP contribution in [0.15, 0.2) is 6.07 Å². The van der Waals surface area contributed by atoms with E-state index in [1.54, 1.807) is 0 Å². The molecule has 1 heterocycles. The topological polar surface area (TPSA) is 49.4 Å². The average molecular weight is 302 g/mol. The first kappa shape index (κ1) is 13.8. The fourth-order valence-electron chi connectivity index (χ4n) is 2.35. The first-order chi connectivity index (χ1) is 9.90. The number of carbonyl (C=O) groups excluding carboxylic acids is 2. The van der Waals surface area contributed by atoms with Crippen molar-refractivity contribution >= 4 is 17.5 Å². The van der Waals surface area contributed by atoms with Gasteiger partial charge >= 0.3 is 0 Å². The summed E-state index contributed by atoms with van der Waals surface area (Å²) >= 11 is 0. The summed E-state index contributed by atoms with van der Waals surface area (Å²) in [4.78, 5) is 24.7. The zero-order chi connectivity index (χ0) is 15.3. The summed E-state index contributed by atoms with van der Waals surface area (Å²) in [5.41, 5.74) is -1.07. The molecule has 0 bridgehead atoms. The van der Waals surface area contributed by atoms with Gasteiger partial charge in [-0.25, -0.2) is 17.6 Å². The van der Waals surface area contributed by atoms with Gasteiger partial charge in [-0.15, -0.1) is 0 Å². The van der Waals surface area contributed by atoms with Crippen molar-refractivity contribution in [2.45, 2.75) is 31.3 Å². The molecule has 8 heteroatoms. The van der Waals surface area contributed by atoms with Crippen molar-refractivity contribution in [3.63, 3.8) is 0 Å². The molecule has 2 fully saturated rings. The molecule has 4 nitrogen and oxygen atoms in total. The van der Waals surface area contributed by atoms with E-state index < -0.39 is 46.8 Å². The Bertz CT molecular complexity index is 619. The third-order valence-electron chi connectivity index (χ3n) is 3.53. The van der Waals surface area contributed by atoms with Crippen LogP contribution in [0, 0.1) is 23.3 Å². The highest BCUT2D eigenvalue weighted by molar-refractivity contribution is 6.07. The molecule has 1 N–H and O–H groups in total. The molecule has 2 amide bonds. The van der Waals surface area contributed by atoms with Crippen LogP contribution in [0.1, 0.15) is 19.3 Å². The van der Waals surface area contributed by atoms with Crippen LogP contribution in [-0.2, 0) is 9.59 Å². The van der Waals surface area contributed by atoms with Crippen LogP contribution >= 0.6 is 0 Å². The lowest BCUT2D eigenvalue weighted by Gasteiger charge is -2.16. The number of hydrogen-bond acceptors (Lipinski definition) is 3. The van der Waals surface area contributed by atoms with Crippen molar-refractivity contribution in [3.05, 3.63) is 29.3 Å². The second-order valence-corrected chi connectivity index (χ2v) is 5.08. The van der Waals surface area contributed by atoms with Crippen LogP contribution < -0.4 is 5.32 Å². The van der Waals surface area contributed by atoms with Gasteiger partial charge in [-0.05, 0) is 12.8 Å². The highest BCUT2D eigenvalue weighted by atomic mass is 19.2. The van der Waals surface area contributed by atoms with Crippen LogP contribution in [0.3, 0.4) is 0 Å². The normalized spacial score (nSPS) is 22.1. The Morgan fingerprint density at radius 1 is 1.05 bits per heavy atom. The largest absolute Gasteiger partial charge is 0.368 e. The van der Waals surface area contributed by atoms with Gasteiger partial charge in [0.25, 0.3) is 5.91 Å². The molecule has 1 aromatic rings. The SMILES string of the molecule is O=C1CC(Nc2c(F)c(F)cc(F)c2F)C(=O)N1C1CC1. The van der Waals surface area contributed by atoms with E-state index in [-0.39, 0.29) is 18.5 Å². The van der Waals surface area contributed by atoms with Crippen molar-refractivity contribution in [3.8, 4) is 0 Å². The van der Waals surface area contributed by atoms with Crippen LogP contribution in [0.4, 0.5) is 23.2 Å². The quantitative estimate of drug-likeness (QED) is 0.527. The fraction of sp³-hybridized carbons (Fsp3) is 0.385. The number of rotatable bonds is 3. The summed E-state index contributed by atoms with van der Waals surface area (Å²) in [6, 6.07) is -1.31. The molecule has 1 aromatic carbocycles. The Morgan fingerprint density at radius 2 is 1.62 bits per heavy atom. The van der Waals surface area contributed by atoms with Crippen LogP contribution in [0.2, 0.25) is 0 Å². The smallest absolute Gasteiger partial charge is 0.252 e. The maximum absolute atomic E-state index is 13.5. The lowest BCUT2D eigenvalue weighted by Crippen LogP contribution is -2.36. The van der Waals surface area contributed by atoms with Gasteiger partial charge in [0, 0.05) is 12.1 Å². The van der Waals surface area contributed by atoms with E-state index >= 15 is 0 Å². The summed E-state index contributed by atoms with van der Waals surface area (Å²) < 4.78 is 53.3. The number of amides is 2. The lowest BCUT2D eigenvalue weighted by molar-refractivity contribution is -0.139. The van der Waals surface area contributed by atoms with Crippen molar-refractivity contribution in [1.29, 1.82) is 0 Å². The molecule has 1 aliphatic carbocycles. The van der Waals surface area contributed by atoms with E-state index in [1.165, 1.54) is 0 Å². The number of hydrogen-bond donors (Lipinski definition) is 1. The molecule has 3 rings (SSSR count). The average Bonchev–Trinajstić information content (AvgIpc) is 3.20. The minimum atomic E-state index is -1.63. The summed E-state index contributed by atoms with van der Waals surface area (Å²) in [5, 5.41) is 2.11. The number of halogens is 4. The Balaban J connectivity index is 1.88. The number of imide groups is 1. The van der Waals surface area contributed by atoms with Crippen LogP contribution in [0.5, 0.6) is 0 Å². The first-order valence-corrected chi connectivity index (χ1v) is 6.35. The molecule has 21 heavy (non-hydrogen) atoms. The first-order valence-electron chi connectivity index (χ1n) is 6.35. The molecule has 1 aliphatic heterocycles. The second-order valence-electron chi connectivity index (χ2n) is 5.08. The molecule has 0 spiro atoms. The predicted octanol–water partition coefficient (Wildman–Crippen LogP) is 1.94. The number of anilines is 1. The van der Waals surface area contributed by atoms with E-state index in [0.717, 1.165) is 4.90 Å². The van der Waals surface area contributed by atoms with E-state index in [0.29, 0.717) is 12.8 Å². The second kappa shape index (κ2) is 4.71. The summed E-state index contributed by atoms with van der Waals surface area (Å²) in [5.74, 6) is -7.50. The van der Waals surface area contributed by atoms with Gasteiger partial charge in [0.15, 0.2) is 23.3 Å². The van der Waals surface area contributed by atoms with Gasteiger partial charge in [0.05, 0.1) is 6.42 Å². The Kier molecular flexibility index (Phi) is 3.11. The predicted molar refractivity (Wildman–Crippen MR) is 63.2 cm³/mol. The minimum Gasteiger partial charge on any atom is -0.368 e. The molecule has 112 valence electrons. The van der Waals surface area contributed by atoms with Gasteiger partial charge in [0.1, 0.15) is 11.7 Å². The Labute approximate surface area is 116 Å². The molecule has 1 atom stereocenters. The number of carbonyl (C=O) groups is 2. The number of benzene rings is 1. The van der Waals surface area contributed by atoms with Gasteiger partial charge < -0.3 is 5.32 Å². The summed E-state index contributed by atoms with van der Waals surface area (Å²) in [7, 11) is 0. The lowest BCUT2D eigenvalue weighted by atomic mass is 10.2. The summed E-state index contributed by atoms with van der Waals surface area (Å²) in [6.07, 6.45) is 1.09. The van der Waals surface area contributed by atoms with Crippen molar-refractivity contribution in [2.24, 2.45) is 0 Å². The number of nitrogens with zero attached hydrogens (tertiary/aromatic N) is 1. The monoisotopic (exact) mass is 302 g/mol. The highest BCUT2D eigenvalue weighted by Crippen LogP contribution is 2.33. The maximum atomic E-state index is 13.5. The Morgan fingerprint density at radius 3 is 2.14 bits per heavy atom. The third kappa shape index (κ3) is 2.24. The van der Waals surface area contributed by atoms with E-state index in [1.807, 2.05) is 0 Å². The van der Waals surface area contributed by atoms with Crippen molar-refractivity contribution in [1.82, 2.24) is 4.90 Å². The van der Waals surface area contributed by atoms with Gasteiger partial charge in [0.2, 0.25) is 5.91 Å². The van der Waals surface area contributed by atoms with Gasteiger partial charge in [-0.3, -0.25) is 14.5 Å². The molecule has 0 aromatic heterocycles. The molecular weight excluding hydrogens is 292 g/mol. The van der Waals surface area contributed by atoms with Crippen LogP contribution in [-0.4, -0.2) is 28.8 Å². The van der Waals surface area contributed by atoms with Crippen molar-refractivity contribution < 1.29 is 27.2 Å².